The van der Waals surface area contributed by atoms with E-state index in [1.165, 1.54) is 16.6 Å². The highest BCUT2D eigenvalue weighted by Crippen LogP contribution is 2.39. The summed E-state index contributed by atoms with van der Waals surface area (Å²) in [6.07, 6.45) is 3.54. The Hall–Kier alpha value is -3.34. The lowest BCUT2D eigenvalue weighted by atomic mass is 9.85. The normalized spacial score (nSPS) is 15.7. The third-order valence-corrected chi connectivity index (χ3v) is 6.06. The predicted octanol–water partition coefficient (Wildman–Crippen LogP) is 5.67. The van der Waals surface area contributed by atoms with Crippen molar-refractivity contribution in [1.29, 1.82) is 0 Å². The molecule has 0 radical (unpaired) electrons. The third-order valence-electron chi connectivity index (χ3n) is 6.06. The predicted molar refractivity (Wildman–Crippen MR) is 121 cm³/mol. The molecule has 158 valence electrons. The molecule has 1 unspecified atom stereocenters. The number of pyridine rings is 1. The number of H-pyrrole nitrogens is 1. The Morgan fingerprint density at radius 1 is 1.16 bits per heavy atom. The van der Waals surface area contributed by atoms with Gasteiger partial charge >= 0.3 is 5.97 Å². The van der Waals surface area contributed by atoms with Crippen molar-refractivity contribution < 1.29 is 14.3 Å². The van der Waals surface area contributed by atoms with Crippen molar-refractivity contribution in [2.75, 3.05) is 6.61 Å². The second kappa shape index (κ2) is 8.42. The summed E-state index contributed by atoms with van der Waals surface area (Å²) in [5.74, 6) is 0.907. The molecule has 0 amide bonds. The molecule has 2 heterocycles. The van der Waals surface area contributed by atoms with Crippen LogP contribution in [-0.4, -0.2) is 22.5 Å². The maximum absolute atomic E-state index is 12.0. The largest absolute Gasteiger partial charge is 0.487 e. The van der Waals surface area contributed by atoms with E-state index in [0.29, 0.717) is 19.6 Å². The van der Waals surface area contributed by atoms with Crippen LogP contribution in [0.4, 0.5) is 0 Å². The molecule has 5 heteroatoms. The second-order valence-electron chi connectivity index (χ2n) is 8.11. The van der Waals surface area contributed by atoms with Gasteiger partial charge in [0.25, 0.3) is 0 Å². The van der Waals surface area contributed by atoms with Gasteiger partial charge in [-0.25, -0.2) is 4.98 Å². The molecular weight excluding hydrogens is 388 g/mol. The number of aromatic amines is 1. The van der Waals surface area contributed by atoms with Crippen LogP contribution in [0.2, 0.25) is 0 Å². The molecule has 5 nitrogen and oxygen atoms in total. The van der Waals surface area contributed by atoms with Gasteiger partial charge in [0, 0.05) is 27.9 Å². The number of esters is 1. The van der Waals surface area contributed by atoms with Crippen molar-refractivity contribution in [3.63, 3.8) is 0 Å². The second-order valence-corrected chi connectivity index (χ2v) is 8.11. The van der Waals surface area contributed by atoms with E-state index >= 15 is 0 Å². The SMILES string of the molecule is CCOC(=O)CC1CCCc2c1[nH]c1ccc(OCc3ccc4ccccc4n3)cc21. The zero-order valence-corrected chi connectivity index (χ0v) is 17.7. The Kier molecular flexibility index (Phi) is 5.33. The van der Waals surface area contributed by atoms with Crippen molar-refractivity contribution in [2.45, 2.75) is 45.1 Å². The molecule has 1 aliphatic rings. The molecule has 0 spiro atoms. The fraction of sp³-hybridized carbons (Fsp3) is 0.308. The van der Waals surface area contributed by atoms with Gasteiger partial charge in [-0.1, -0.05) is 24.3 Å². The van der Waals surface area contributed by atoms with Gasteiger partial charge in [-0.2, -0.15) is 0 Å². The summed E-state index contributed by atoms with van der Waals surface area (Å²) in [6.45, 7) is 2.70. The number of para-hydroxylation sites is 1. The van der Waals surface area contributed by atoms with Crippen LogP contribution in [0, 0.1) is 0 Å². The maximum atomic E-state index is 12.0. The number of aromatic nitrogens is 2. The molecular formula is C26H26N2O3. The summed E-state index contributed by atoms with van der Waals surface area (Å²) in [5, 5.41) is 2.32. The molecule has 0 bridgehead atoms. The number of aryl methyl sites for hydroxylation is 1. The molecule has 0 saturated carbocycles. The van der Waals surface area contributed by atoms with Crippen molar-refractivity contribution >= 4 is 27.8 Å². The van der Waals surface area contributed by atoms with Gasteiger partial charge in [-0.3, -0.25) is 4.79 Å². The average Bonchev–Trinajstić information content (AvgIpc) is 3.17. The van der Waals surface area contributed by atoms with Crippen LogP contribution in [0.3, 0.4) is 0 Å². The number of carbonyl (C=O) groups is 1. The highest BCUT2D eigenvalue weighted by molar-refractivity contribution is 5.87. The standard InChI is InChI=1S/C26H26N2O3/c1-2-30-25(29)14-18-7-5-8-21-22-15-20(12-13-24(22)28-26(18)21)31-16-19-11-10-17-6-3-4-9-23(17)27-19/h3-4,6,9-13,15,18,28H,2,5,7-8,14,16H2,1H3. The number of nitrogens with one attached hydrogen (secondary N) is 1. The summed E-state index contributed by atoms with van der Waals surface area (Å²) in [6, 6.07) is 18.4. The third kappa shape index (κ3) is 4.00. The fourth-order valence-corrected chi connectivity index (χ4v) is 4.60. The molecule has 0 fully saturated rings. The van der Waals surface area contributed by atoms with Gasteiger partial charge in [0.15, 0.2) is 0 Å². The lowest BCUT2D eigenvalue weighted by molar-refractivity contribution is -0.143. The number of ether oxygens (including phenoxy) is 2. The van der Waals surface area contributed by atoms with Crippen LogP contribution >= 0.6 is 0 Å². The highest BCUT2D eigenvalue weighted by atomic mass is 16.5. The van der Waals surface area contributed by atoms with Crippen LogP contribution in [-0.2, 0) is 22.6 Å². The Morgan fingerprint density at radius 3 is 2.97 bits per heavy atom. The van der Waals surface area contributed by atoms with Gasteiger partial charge in [-0.05, 0) is 62.1 Å². The van der Waals surface area contributed by atoms with E-state index in [4.69, 9.17) is 14.5 Å². The van der Waals surface area contributed by atoms with E-state index in [1.54, 1.807) is 0 Å². The Morgan fingerprint density at radius 2 is 2.06 bits per heavy atom. The highest BCUT2D eigenvalue weighted by Gasteiger charge is 2.26. The molecule has 2 aromatic carbocycles. The molecule has 0 aliphatic heterocycles. The molecule has 2 aromatic heterocycles. The van der Waals surface area contributed by atoms with Crippen LogP contribution in [0.15, 0.2) is 54.6 Å². The average molecular weight is 415 g/mol. The Labute approximate surface area is 181 Å². The number of rotatable bonds is 6. The first-order valence-electron chi connectivity index (χ1n) is 11.0. The summed E-state index contributed by atoms with van der Waals surface area (Å²) in [4.78, 5) is 20.3. The van der Waals surface area contributed by atoms with Gasteiger partial charge in [0.05, 0.1) is 24.2 Å². The first kappa shape index (κ1) is 19.6. The van der Waals surface area contributed by atoms with Crippen LogP contribution in [0.25, 0.3) is 21.8 Å². The van der Waals surface area contributed by atoms with E-state index in [2.05, 4.69) is 29.2 Å². The number of carbonyl (C=O) groups excluding carboxylic acids is 1. The van der Waals surface area contributed by atoms with Crippen LogP contribution in [0.5, 0.6) is 5.75 Å². The lowest BCUT2D eigenvalue weighted by Crippen LogP contribution is -2.15. The zero-order chi connectivity index (χ0) is 21.2. The summed E-state index contributed by atoms with van der Waals surface area (Å²) in [7, 11) is 0. The van der Waals surface area contributed by atoms with Gasteiger partial charge in [-0.15, -0.1) is 0 Å². The number of nitrogens with zero attached hydrogens (tertiary/aromatic N) is 1. The van der Waals surface area contributed by atoms with E-state index < -0.39 is 0 Å². The van der Waals surface area contributed by atoms with Crippen molar-refractivity contribution in [3.05, 3.63) is 71.5 Å². The minimum absolute atomic E-state index is 0.120. The summed E-state index contributed by atoms with van der Waals surface area (Å²) >= 11 is 0. The maximum Gasteiger partial charge on any atom is 0.306 e. The number of hydrogen-bond donors (Lipinski definition) is 1. The summed E-state index contributed by atoms with van der Waals surface area (Å²) < 4.78 is 11.3. The minimum Gasteiger partial charge on any atom is -0.487 e. The minimum atomic E-state index is -0.120. The lowest BCUT2D eigenvalue weighted by Gasteiger charge is -2.21. The molecule has 31 heavy (non-hydrogen) atoms. The molecule has 0 saturated heterocycles. The number of benzene rings is 2. The van der Waals surface area contributed by atoms with Gasteiger partial charge < -0.3 is 14.5 Å². The van der Waals surface area contributed by atoms with Crippen LogP contribution < -0.4 is 4.74 Å². The van der Waals surface area contributed by atoms with E-state index in [9.17, 15) is 4.79 Å². The van der Waals surface area contributed by atoms with Gasteiger partial charge in [0.1, 0.15) is 12.4 Å². The zero-order valence-electron chi connectivity index (χ0n) is 17.7. The fourth-order valence-electron chi connectivity index (χ4n) is 4.60. The topological polar surface area (TPSA) is 64.2 Å². The molecule has 5 rings (SSSR count). The first-order valence-corrected chi connectivity index (χ1v) is 11.0. The monoisotopic (exact) mass is 414 g/mol. The summed E-state index contributed by atoms with van der Waals surface area (Å²) in [5.41, 5.74) is 5.47. The van der Waals surface area contributed by atoms with E-state index in [-0.39, 0.29) is 11.9 Å². The number of hydrogen-bond acceptors (Lipinski definition) is 4. The van der Waals surface area contributed by atoms with Crippen LogP contribution in [0.1, 0.15) is 49.1 Å². The molecule has 1 aliphatic carbocycles. The number of fused-ring (bicyclic) bond motifs is 4. The van der Waals surface area contributed by atoms with Crippen molar-refractivity contribution in [3.8, 4) is 5.75 Å². The van der Waals surface area contributed by atoms with Gasteiger partial charge in [0.2, 0.25) is 0 Å². The first-order chi connectivity index (χ1) is 15.2. The molecule has 1 atom stereocenters. The van der Waals surface area contributed by atoms with Crippen molar-refractivity contribution in [2.24, 2.45) is 0 Å². The smallest absolute Gasteiger partial charge is 0.306 e. The molecule has 4 aromatic rings. The van der Waals surface area contributed by atoms with E-state index in [1.807, 2.05) is 37.3 Å². The Balaban J connectivity index is 1.36. The Bertz CT molecular complexity index is 1240. The van der Waals surface area contributed by atoms with Crippen molar-refractivity contribution in [1.82, 2.24) is 9.97 Å². The molecule has 1 N–H and O–H groups in total. The van der Waals surface area contributed by atoms with E-state index in [0.717, 1.165) is 47.1 Å². The quantitative estimate of drug-likeness (QED) is 0.413.